The molecule has 0 aliphatic carbocycles. The summed E-state index contributed by atoms with van der Waals surface area (Å²) >= 11 is 0. The van der Waals surface area contributed by atoms with Crippen LogP contribution in [0, 0.1) is 0 Å². The highest BCUT2D eigenvalue weighted by atomic mass is 32.2. The van der Waals surface area contributed by atoms with Gasteiger partial charge < -0.3 is 9.05 Å². The van der Waals surface area contributed by atoms with Crippen LogP contribution in [0.5, 0.6) is 0 Å². The minimum Gasteiger partial charge on any atom is -0.308 e. The number of hydrogen-bond donors (Lipinski definition) is 0. The minimum absolute atomic E-state index is 0.0901. The van der Waals surface area contributed by atoms with Gasteiger partial charge in [-0.3, -0.25) is 4.57 Å². The molecule has 0 saturated heterocycles. The molecule has 1 atom stereocenters. The number of aromatic nitrogens is 2. The Bertz CT molecular complexity index is 538. The van der Waals surface area contributed by atoms with Crippen LogP contribution in [0.15, 0.2) is 23.6 Å². The first kappa shape index (κ1) is 16.2. The maximum absolute atomic E-state index is 12.5. The third-order valence-corrected chi connectivity index (χ3v) is 7.66. The normalized spacial score (nSPS) is 14.3. The molecule has 9 heteroatoms. The first-order chi connectivity index (χ1) is 8.88. The molecule has 1 rings (SSSR count). The number of sulfone groups is 1. The van der Waals surface area contributed by atoms with E-state index in [-0.39, 0.29) is 18.4 Å². The molecule has 7 nitrogen and oxygen atoms in total. The van der Waals surface area contributed by atoms with Gasteiger partial charge in [-0.05, 0) is 26.8 Å². The first-order valence-corrected chi connectivity index (χ1v) is 8.94. The Morgan fingerprint density at radius 2 is 1.68 bits per heavy atom. The molecule has 1 heterocycles. The highest BCUT2D eigenvalue weighted by Crippen LogP contribution is 2.55. The van der Waals surface area contributed by atoms with Gasteiger partial charge in [-0.2, -0.15) is 0 Å². The Morgan fingerprint density at radius 1 is 1.21 bits per heavy atom. The summed E-state index contributed by atoms with van der Waals surface area (Å²) in [6.07, 6.45) is 2.61. The third kappa shape index (κ3) is 3.60. The summed E-state index contributed by atoms with van der Waals surface area (Å²) in [5, 5.41) is -0.387. The van der Waals surface area contributed by atoms with Gasteiger partial charge in [0.1, 0.15) is 0 Å². The topological polar surface area (TPSA) is 95.5 Å². The summed E-state index contributed by atoms with van der Waals surface area (Å²) in [5.74, 6) is 0. The van der Waals surface area contributed by atoms with Gasteiger partial charge in [-0.1, -0.05) is 0 Å². The molecule has 0 aromatic carbocycles. The van der Waals surface area contributed by atoms with E-state index in [4.69, 9.17) is 9.05 Å². The van der Waals surface area contributed by atoms with Gasteiger partial charge in [0.15, 0.2) is 4.99 Å². The number of rotatable bonds is 7. The zero-order chi connectivity index (χ0) is 14.5. The standard InChI is InChI=1S/C10H17N2O5PS/c1-4-16-18(13,17-5-2)9(3)19(14,15)10-11-7-6-8-12-10/h6-9H,4-5H2,1-3H3. The van der Waals surface area contributed by atoms with E-state index in [0.717, 1.165) is 0 Å². The quantitative estimate of drug-likeness (QED) is 0.560. The molecule has 0 bridgehead atoms. The molecule has 0 fully saturated rings. The lowest BCUT2D eigenvalue weighted by Crippen LogP contribution is -2.22. The molecule has 0 amide bonds. The number of nitrogens with zero attached hydrogens (tertiary/aromatic N) is 2. The van der Waals surface area contributed by atoms with Crippen molar-refractivity contribution in [1.29, 1.82) is 0 Å². The second-order valence-corrected chi connectivity index (χ2v) is 8.43. The third-order valence-electron chi connectivity index (χ3n) is 2.31. The molecule has 0 aliphatic heterocycles. The smallest absolute Gasteiger partial charge is 0.308 e. The predicted molar refractivity (Wildman–Crippen MR) is 69.5 cm³/mol. The molecule has 1 aromatic heterocycles. The van der Waals surface area contributed by atoms with Crippen molar-refractivity contribution in [3.8, 4) is 0 Å². The van der Waals surface area contributed by atoms with Crippen LogP contribution in [-0.2, 0) is 23.4 Å². The summed E-state index contributed by atoms with van der Waals surface area (Å²) in [4.78, 5) is 5.99. The van der Waals surface area contributed by atoms with Crippen LogP contribution in [0.1, 0.15) is 20.8 Å². The molecule has 108 valence electrons. The average molecular weight is 308 g/mol. The van der Waals surface area contributed by atoms with Gasteiger partial charge in [0.05, 0.1) is 13.2 Å². The maximum Gasteiger partial charge on any atom is 0.348 e. The summed E-state index contributed by atoms with van der Waals surface area (Å²) in [6.45, 7) is 4.69. The zero-order valence-corrected chi connectivity index (χ0v) is 12.7. The van der Waals surface area contributed by atoms with Crippen molar-refractivity contribution in [2.45, 2.75) is 30.9 Å². The second-order valence-electron chi connectivity index (χ2n) is 3.55. The molecule has 0 saturated carbocycles. The Labute approximate surface area is 112 Å². The molecule has 19 heavy (non-hydrogen) atoms. The van der Waals surface area contributed by atoms with Crippen LogP contribution in [0.25, 0.3) is 0 Å². The number of hydrogen-bond acceptors (Lipinski definition) is 7. The van der Waals surface area contributed by atoms with Gasteiger partial charge in [0.25, 0.3) is 0 Å². The highest BCUT2D eigenvalue weighted by molar-refractivity contribution is 7.98. The highest BCUT2D eigenvalue weighted by Gasteiger charge is 2.43. The van der Waals surface area contributed by atoms with Crippen LogP contribution in [0.3, 0.4) is 0 Å². The predicted octanol–water partition coefficient (Wildman–Crippen LogP) is 1.86. The van der Waals surface area contributed by atoms with Crippen molar-refractivity contribution < 1.29 is 22.0 Å². The molecule has 0 spiro atoms. The Morgan fingerprint density at radius 3 is 2.11 bits per heavy atom. The van der Waals surface area contributed by atoms with Crippen LogP contribution in [-0.4, -0.2) is 36.6 Å². The van der Waals surface area contributed by atoms with Gasteiger partial charge in [0.2, 0.25) is 15.0 Å². The van der Waals surface area contributed by atoms with E-state index in [1.54, 1.807) is 13.8 Å². The Hall–Kier alpha value is -0.820. The SMILES string of the molecule is CCOP(=O)(OCC)C(C)S(=O)(=O)c1ncccn1. The Kier molecular flexibility index (Phi) is 5.61. The van der Waals surface area contributed by atoms with Crippen LogP contribution >= 0.6 is 7.60 Å². The fourth-order valence-electron chi connectivity index (χ4n) is 1.36. The van der Waals surface area contributed by atoms with E-state index in [9.17, 15) is 13.0 Å². The van der Waals surface area contributed by atoms with Crippen LogP contribution < -0.4 is 0 Å². The summed E-state index contributed by atoms with van der Waals surface area (Å²) in [5.41, 5.74) is 0. The van der Waals surface area contributed by atoms with Crippen molar-refractivity contribution in [3.05, 3.63) is 18.5 Å². The molecule has 0 aliphatic rings. The van der Waals surface area contributed by atoms with Crippen LogP contribution in [0.2, 0.25) is 0 Å². The largest absolute Gasteiger partial charge is 0.348 e. The van der Waals surface area contributed by atoms with E-state index >= 15 is 0 Å². The molecular weight excluding hydrogens is 291 g/mol. The van der Waals surface area contributed by atoms with E-state index in [0.29, 0.717) is 0 Å². The Balaban J connectivity index is 3.16. The summed E-state index contributed by atoms with van der Waals surface area (Å²) in [7, 11) is -7.74. The first-order valence-electron chi connectivity index (χ1n) is 5.78. The van der Waals surface area contributed by atoms with Crippen LogP contribution in [0.4, 0.5) is 0 Å². The lowest BCUT2D eigenvalue weighted by atomic mass is 10.7. The minimum atomic E-state index is -3.98. The van der Waals surface area contributed by atoms with E-state index < -0.39 is 22.4 Å². The van der Waals surface area contributed by atoms with Gasteiger partial charge in [-0.25, -0.2) is 18.4 Å². The molecule has 1 aromatic rings. The molecule has 0 N–H and O–H groups in total. The monoisotopic (exact) mass is 308 g/mol. The summed E-state index contributed by atoms with van der Waals surface area (Å²) in [6, 6.07) is 1.49. The van der Waals surface area contributed by atoms with Crippen molar-refractivity contribution in [2.75, 3.05) is 13.2 Å². The van der Waals surface area contributed by atoms with Crippen molar-refractivity contribution in [1.82, 2.24) is 9.97 Å². The lowest BCUT2D eigenvalue weighted by molar-refractivity contribution is 0.218. The van der Waals surface area contributed by atoms with Crippen molar-refractivity contribution in [3.63, 3.8) is 0 Å². The van der Waals surface area contributed by atoms with E-state index in [1.165, 1.54) is 25.4 Å². The van der Waals surface area contributed by atoms with E-state index in [2.05, 4.69) is 9.97 Å². The fourth-order valence-corrected chi connectivity index (χ4v) is 5.30. The van der Waals surface area contributed by atoms with Crippen molar-refractivity contribution in [2.24, 2.45) is 0 Å². The van der Waals surface area contributed by atoms with Crippen molar-refractivity contribution >= 4 is 17.4 Å². The zero-order valence-electron chi connectivity index (χ0n) is 11.0. The molecule has 0 radical (unpaired) electrons. The molecule has 1 unspecified atom stereocenters. The summed E-state index contributed by atoms with van der Waals surface area (Å²) < 4.78 is 47.1. The fraction of sp³-hybridized carbons (Fsp3) is 0.600. The molecular formula is C10H17N2O5PS. The van der Waals surface area contributed by atoms with Gasteiger partial charge in [0, 0.05) is 12.4 Å². The lowest BCUT2D eigenvalue weighted by Gasteiger charge is -2.22. The van der Waals surface area contributed by atoms with E-state index in [1.807, 2.05) is 0 Å². The van der Waals surface area contributed by atoms with Gasteiger partial charge in [-0.15, -0.1) is 0 Å². The average Bonchev–Trinajstić information content (AvgIpc) is 2.39. The van der Waals surface area contributed by atoms with Gasteiger partial charge >= 0.3 is 7.60 Å². The maximum atomic E-state index is 12.5. The second kappa shape index (κ2) is 6.56.